The molecule has 24 heavy (non-hydrogen) atoms. The summed E-state index contributed by atoms with van der Waals surface area (Å²) in [5, 5.41) is 1.82. The van der Waals surface area contributed by atoms with Crippen LogP contribution in [0.5, 0.6) is 0 Å². The van der Waals surface area contributed by atoms with Gasteiger partial charge in [0, 0.05) is 0 Å². The van der Waals surface area contributed by atoms with Crippen LogP contribution in [-0.4, -0.2) is 11.8 Å². The zero-order valence-electron chi connectivity index (χ0n) is 12.4. The second-order valence-electron chi connectivity index (χ2n) is 5.03. The Morgan fingerprint density at radius 1 is 0.958 bits per heavy atom. The van der Waals surface area contributed by atoms with Crippen LogP contribution in [0.2, 0.25) is 10.0 Å². The molecule has 4 nitrogen and oxygen atoms in total. The topological polar surface area (TPSA) is 49.4 Å². The fourth-order valence-electron chi connectivity index (χ4n) is 2.20. The number of carbonyl (C=O) groups is 2. The van der Waals surface area contributed by atoms with Gasteiger partial charge < -0.3 is 0 Å². The minimum absolute atomic E-state index is 0.0493. The molecule has 120 valence electrons. The molecule has 2 aromatic rings. The standard InChI is InChI=1S/C18H12Cl2N2O2/c19-15-10-9-13(11-16(15)20)22-18(24)14(17(23)21-22)8-4-7-12-5-2-1-3-6-12/h1-11H,(H,21,23)/b7-4+,14-8+. The smallest absolute Gasteiger partial charge is 0.267 e. The molecule has 1 saturated heterocycles. The summed E-state index contributed by atoms with van der Waals surface area (Å²) >= 11 is 11.8. The lowest BCUT2D eigenvalue weighted by molar-refractivity contribution is -0.117. The Morgan fingerprint density at radius 3 is 2.42 bits per heavy atom. The molecule has 1 heterocycles. The maximum absolute atomic E-state index is 12.4. The summed E-state index contributed by atoms with van der Waals surface area (Å²) in [4.78, 5) is 24.4. The van der Waals surface area contributed by atoms with Crippen molar-refractivity contribution in [1.82, 2.24) is 5.43 Å². The van der Waals surface area contributed by atoms with Crippen LogP contribution in [-0.2, 0) is 9.59 Å². The van der Waals surface area contributed by atoms with Gasteiger partial charge in [-0.25, -0.2) is 5.01 Å². The fourth-order valence-corrected chi connectivity index (χ4v) is 2.49. The number of nitrogens with zero attached hydrogens (tertiary/aromatic N) is 1. The summed E-state index contributed by atoms with van der Waals surface area (Å²) in [5.74, 6) is -0.917. The molecule has 0 aliphatic carbocycles. The quantitative estimate of drug-likeness (QED) is 0.665. The van der Waals surface area contributed by atoms with E-state index in [-0.39, 0.29) is 5.57 Å². The Labute approximate surface area is 149 Å². The van der Waals surface area contributed by atoms with Gasteiger partial charge in [-0.1, -0.05) is 65.7 Å². The van der Waals surface area contributed by atoms with Gasteiger partial charge in [-0.3, -0.25) is 15.0 Å². The van der Waals surface area contributed by atoms with Gasteiger partial charge in [0.2, 0.25) is 0 Å². The van der Waals surface area contributed by atoms with E-state index in [0.29, 0.717) is 15.7 Å². The van der Waals surface area contributed by atoms with Crippen molar-refractivity contribution < 1.29 is 9.59 Å². The predicted molar refractivity (Wildman–Crippen MR) is 95.6 cm³/mol. The van der Waals surface area contributed by atoms with Crippen molar-refractivity contribution in [3.63, 3.8) is 0 Å². The van der Waals surface area contributed by atoms with E-state index in [1.165, 1.54) is 12.1 Å². The molecule has 2 amide bonds. The molecule has 3 rings (SSSR count). The summed E-state index contributed by atoms with van der Waals surface area (Å²) in [5.41, 5.74) is 3.97. The number of rotatable bonds is 3. The summed E-state index contributed by atoms with van der Waals surface area (Å²) in [6.07, 6.45) is 4.97. The van der Waals surface area contributed by atoms with Crippen LogP contribution in [0.4, 0.5) is 5.69 Å². The Morgan fingerprint density at radius 2 is 1.71 bits per heavy atom. The highest BCUT2D eigenvalue weighted by Gasteiger charge is 2.34. The number of carbonyl (C=O) groups excluding carboxylic acids is 2. The van der Waals surface area contributed by atoms with Crippen molar-refractivity contribution in [2.24, 2.45) is 0 Å². The van der Waals surface area contributed by atoms with E-state index in [1.807, 2.05) is 36.4 Å². The average Bonchev–Trinajstić information content (AvgIpc) is 2.86. The molecule has 0 radical (unpaired) electrons. The maximum atomic E-state index is 12.4. The van der Waals surface area contributed by atoms with Crippen LogP contribution in [0.25, 0.3) is 6.08 Å². The summed E-state index contributed by atoms with van der Waals surface area (Å²) in [7, 11) is 0. The highest BCUT2D eigenvalue weighted by Crippen LogP contribution is 2.28. The maximum Gasteiger partial charge on any atom is 0.282 e. The monoisotopic (exact) mass is 358 g/mol. The van der Waals surface area contributed by atoms with Crippen molar-refractivity contribution >= 4 is 46.8 Å². The number of hydrogen-bond acceptors (Lipinski definition) is 2. The number of halogens is 2. The van der Waals surface area contributed by atoms with Crippen LogP contribution in [0.3, 0.4) is 0 Å². The normalized spacial score (nSPS) is 16.2. The summed E-state index contributed by atoms with van der Waals surface area (Å²) in [6.45, 7) is 0. The van der Waals surface area contributed by atoms with Crippen LogP contribution in [0.15, 0.2) is 66.3 Å². The van der Waals surface area contributed by atoms with Gasteiger partial charge in [0.1, 0.15) is 5.57 Å². The summed E-state index contributed by atoms with van der Waals surface area (Å²) < 4.78 is 0. The van der Waals surface area contributed by atoms with Crippen LogP contribution in [0, 0.1) is 0 Å². The number of allylic oxidation sites excluding steroid dienone is 2. The molecule has 0 saturated carbocycles. The molecule has 1 N–H and O–H groups in total. The first-order chi connectivity index (χ1) is 11.6. The van der Waals surface area contributed by atoms with Crippen molar-refractivity contribution in [3.8, 4) is 0 Å². The molecular formula is C18H12Cl2N2O2. The molecule has 0 spiro atoms. The number of nitrogens with one attached hydrogen (secondary N) is 1. The number of amides is 2. The Hall–Kier alpha value is -2.56. The summed E-state index contributed by atoms with van der Waals surface area (Å²) in [6, 6.07) is 14.3. The fraction of sp³-hybridized carbons (Fsp3) is 0. The first-order valence-electron chi connectivity index (χ1n) is 7.10. The van der Waals surface area contributed by atoms with E-state index in [4.69, 9.17) is 23.2 Å². The highest BCUT2D eigenvalue weighted by molar-refractivity contribution is 6.42. The minimum atomic E-state index is -0.469. The first kappa shape index (κ1) is 16.3. The van der Waals surface area contributed by atoms with Crippen molar-refractivity contribution in [1.29, 1.82) is 0 Å². The van der Waals surface area contributed by atoms with Crippen molar-refractivity contribution in [2.45, 2.75) is 0 Å². The van der Waals surface area contributed by atoms with Gasteiger partial charge in [0.05, 0.1) is 15.7 Å². The predicted octanol–water partition coefficient (Wildman–Crippen LogP) is 4.01. The Kier molecular flexibility index (Phi) is 4.69. The minimum Gasteiger partial charge on any atom is -0.267 e. The first-order valence-corrected chi connectivity index (χ1v) is 7.86. The Bertz CT molecular complexity index is 861. The van der Waals surface area contributed by atoms with Gasteiger partial charge in [-0.15, -0.1) is 0 Å². The third-order valence-electron chi connectivity index (χ3n) is 3.40. The van der Waals surface area contributed by atoms with Gasteiger partial charge >= 0.3 is 0 Å². The van der Waals surface area contributed by atoms with Gasteiger partial charge in [-0.05, 0) is 29.8 Å². The number of anilines is 1. The SMILES string of the molecule is O=C1NN(c2ccc(Cl)c(Cl)c2)C(=O)/C1=C/C=C/c1ccccc1. The second kappa shape index (κ2) is 6.91. The second-order valence-corrected chi connectivity index (χ2v) is 5.84. The molecule has 1 aliphatic heterocycles. The van der Waals surface area contributed by atoms with E-state index in [0.717, 1.165) is 10.6 Å². The van der Waals surface area contributed by atoms with Gasteiger partial charge in [0.25, 0.3) is 11.8 Å². The average molecular weight is 359 g/mol. The van der Waals surface area contributed by atoms with E-state index in [1.54, 1.807) is 18.2 Å². The molecule has 1 fully saturated rings. The van der Waals surface area contributed by atoms with E-state index in [2.05, 4.69) is 5.43 Å². The molecule has 0 bridgehead atoms. The molecular weight excluding hydrogens is 347 g/mol. The lowest BCUT2D eigenvalue weighted by atomic mass is 10.2. The van der Waals surface area contributed by atoms with Crippen molar-refractivity contribution in [2.75, 3.05) is 5.01 Å². The van der Waals surface area contributed by atoms with E-state index >= 15 is 0 Å². The zero-order valence-corrected chi connectivity index (χ0v) is 13.9. The van der Waals surface area contributed by atoms with Crippen LogP contribution >= 0.6 is 23.2 Å². The number of hydrogen-bond donors (Lipinski definition) is 1. The third kappa shape index (κ3) is 3.35. The zero-order chi connectivity index (χ0) is 17.1. The van der Waals surface area contributed by atoms with Crippen LogP contribution in [0.1, 0.15) is 5.56 Å². The lowest BCUT2D eigenvalue weighted by Crippen LogP contribution is -2.35. The lowest BCUT2D eigenvalue weighted by Gasteiger charge is -2.15. The largest absolute Gasteiger partial charge is 0.282 e. The van der Waals surface area contributed by atoms with Crippen LogP contribution < -0.4 is 10.4 Å². The molecule has 0 atom stereocenters. The number of hydrazine groups is 1. The molecule has 2 aromatic carbocycles. The molecule has 0 aromatic heterocycles. The third-order valence-corrected chi connectivity index (χ3v) is 4.14. The van der Waals surface area contributed by atoms with E-state index < -0.39 is 11.8 Å². The number of benzene rings is 2. The highest BCUT2D eigenvalue weighted by atomic mass is 35.5. The van der Waals surface area contributed by atoms with Crippen molar-refractivity contribution in [3.05, 3.63) is 81.9 Å². The van der Waals surface area contributed by atoms with Gasteiger partial charge in [0.15, 0.2) is 0 Å². The molecule has 0 unspecified atom stereocenters. The van der Waals surface area contributed by atoms with E-state index in [9.17, 15) is 9.59 Å². The Balaban J connectivity index is 1.82. The van der Waals surface area contributed by atoms with Gasteiger partial charge in [-0.2, -0.15) is 0 Å². The molecule has 6 heteroatoms. The molecule has 1 aliphatic rings.